The molecule has 2 unspecified atom stereocenters. The first-order valence-corrected chi connectivity index (χ1v) is 9.79. The number of rotatable bonds is 6. The molecule has 0 spiro atoms. The molecule has 2 atom stereocenters. The Morgan fingerprint density at radius 2 is 2.17 bits per heavy atom. The number of piperidine rings is 1. The van der Waals surface area contributed by atoms with E-state index in [0.717, 1.165) is 31.8 Å². The molecule has 0 radical (unpaired) electrons. The van der Waals surface area contributed by atoms with Gasteiger partial charge in [-0.2, -0.15) is 5.10 Å². The first kappa shape index (κ1) is 17.5. The number of carbonyl (C=O) groups is 1. The van der Waals surface area contributed by atoms with E-state index < -0.39 is 0 Å². The summed E-state index contributed by atoms with van der Waals surface area (Å²) in [4.78, 5) is 12.4. The van der Waals surface area contributed by atoms with Gasteiger partial charge >= 0.3 is 0 Å². The van der Waals surface area contributed by atoms with Crippen molar-refractivity contribution in [1.82, 2.24) is 20.4 Å². The fourth-order valence-corrected chi connectivity index (χ4v) is 4.05. The standard InChI is InChI=1S/C19H32N4O/c1-15(9-10-16-6-3-2-4-7-16)21-19(24)18-11-13-23(22-18)17-8-5-12-20-14-17/h11,13,15-17,20H,2-10,12,14H2,1H3,(H,21,24). The largest absolute Gasteiger partial charge is 0.348 e. The maximum atomic E-state index is 12.4. The lowest BCUT2D eigenvalue weighted by Crippen LogP contribution is -2.34. The fraction of sp³-hybridized carbons (Fsp3) is 0.789. The van der Waals surface area contributed by atoms with Crippen molar-refractivity contribution in [1.29, 1.82) is 0 Å². The summed E-state index contributed by atoms with van der Waals surface area (Å²) >= 11 is 0. The number of carbonyl (C=O) groups excluding carboxylic acids is 1. The molecule has 5 nitrogen and oxygen atoms in total. The van der Waals surface area contributed by atoms with Crippen molar-refractivity contribution < 1.29 is 4.79 Å². The molecule has 0 bridgehead atoms. The van der Waals surface area contributed by atoms with Crippen LogP contribution in [0.5, 0.6) is 0 Å². The summed E-state index contributed by atoms with van der Waals surface area (Å²) in [5.41, 5.74) is 0.546. The third-order valence-electron chi connectivity index (χ3n) is 5.60. The Morgan fingerprint density at radius 3 is 2.92 bits per heavy atom. The topological polar surface area (TPSA) is 59.0 Å². The quantitative estimate of drug-likeness (QED) is 0.840. The van der Waals surface area contributed by atoms with Gasteiger partial charge in [0.2, 0.25) is 0 Å². The van der Waals surface area contributed by atoms with E-state index in [1.165, 1.54) is 44.9 Å². The van der Waals surface area contributed by atoms with E-state index in [0.29, 0.717) is 11.7 Å². The highest BCUT2D eigenvalue weighted by atomic mass is 16.2. The smallest absolute Gasteiger partial charge is 0.271 e. The molecule has 1 saturated carbocycles. The van der Waals surface area contributed by atoms with Gasteiger partial charge in [-0.25, -0.2) is 0 Å². The molecule has 1 aliphatic carbocycles. The molecule has 1 saturated heterocycles. The van der Waals surface area contributed by atoms with Crippen molar-refractivity contribution in [2.75, 3.05) is 13.1 Å². The van der Waals surface area contributed by atoms with Gasteiger partial charge in [-0.15, -0.1) is 0 Å². The van der Waals surface area contributed by atoms with Gasteiger partial charge in [0, 0.05) is 18.8 Å². The van der Waals surface area contributed by atoms with Gasteiger partial charge < -0.3 is 10.6 Å². The first-order valence-electron chi connectivity index (χ1n) is 9.79. The number of aromatic nitrogens is 2. The average Bonchev–Trinajstić information content (AvgIpc) is 3.12. The third kappa shape index (κ3) is 4.82. The molecule has 1 aromatic rings. The Balaban J connectivity index is 1.44. The Labute approximate surface area is 145 Å². The average molecular weight is 332 g/mol. The van der Waals surface area contributed by atoms with E-state index in [9.17, 15) is 4.79 Å². The van der Waals surface area contributed by atoms with Gasteiger partial charge in [0.25, 0.3) is 5.91 Å². The van der Waals surface area contributed by atoms with Gasteiger partial charge in [0.15, 0.2) is 0 Å². The van der Waals surface area contributed by atoms with E-state index in [1.807, 2.05) is 16.9 Å². The van der Waals surface area contributed by atoms with Crippen LogP contribution in [-0.2, 0) is 0 Å². The maximum absolute atomic E-state index is 12.4. The van der Waals surface area contributed by atoms with Crippen LogP contribution in [0.3, 0.4) is 0 Å². The zero-order valence-corrected chi connectivity index (χ0v) is 15.0. The molecule has 134 valence electrons. The molecule has 1 aromatic heterocycles. The summed E-state index contributed by atoms with van der Waals surface area (Å²) in [7, 11) is 0. The predicted molar refractivity (Wildman–Crippen MR) is 96.1 cm³/mol. The minimum absolute atomic E-state index is 0.0336. The highest BCUT2D eigenvalue weighted by Gasteiger charge is 2.19. The summed E-state index contributed by atoms with van der Waals surface area (Å²) in [5, 5.41) is 11.0. The van der Waals surface area contributed by atoms with Crippen LogP contribution in [-0.4, -0.2) is 34.8 Å². The van der Waals surface area contributed by atoms with E-state index in [4.69, 9.17) is 0 Å². The maximum Gasteiger partial charge on any atom is 0.271 e. The molecular formula is C19H32N4O. The summed E-state index contributed by atoms with van der Waals surface area (Å²) in [5.74, 6) is 0.838. The van der Waals surface area contributed by atoms with Crippen LogP contribution in [0.4, 0.5) is 0 Å². The highest BCUT2D eigenvalue weighted by Crippen LogP contribution is 2.27. The summed E-state index contributed by atoms with van der Waals surface area (Å²) in [6.07, 6.45) is 13.5. The number of hydrogen-bond acceptors (Lipinski definition) is 3. The molecule has 5 heteroatoms. The minimum Gasteiger partial charge on any atom is -0.348 e. The van der Waals surface area contributed by atoms with Crippen LogP contribution in [0, 0.1) is 5.92 Å². The molecule has 1 aliphatic heterocycles. The van der Waals surface area contributed by atoms with Crippen molar-refractivity contribution in [3.05, 3.63) is 18.0 Å². The molecular weight excluding hydrogens is 300 g/mol. The summed E-state index contributed by atoms with van der Waals surface area (Å²) in [6.45, 7) is 4.15. The number of hydrogen-bond donors (Lipinski definition) is 2. The molecule has 2 aliphatic rings. The Bertz CT molecular complexity index is 515. The monoisotopic (exact) mass is 332 g/mol. The third-order valence-corrected chi connectivity index (χ3v) is 5.60. The number of amides is 1. The van der Waals surface area contributed by atoms with Crippen molar-refractivity contribution in [3.63, 3.8) is 0 Å². The molecule has 2 N–H and O–H groups in total. The van der Waals surface area contributed by atoms with Crippen LogP contribution in [0.1, 0.15) is 81.2 Å². The second kappa shape index (κ2) is 8.65. The number of nitrogens with one attached hydrogen (secondary N) is 2. The minimum atomic E-state index is -0.0336. The van der Waals surface area contributed by atoms with Gasteiger partial charge in [0.05, 0.1) is 6.04 Å². The van der Waals surface area contributed by atoms with Gasteiger partial charge in [0.1, 0.15) is 5.69 Å². The molecule has 24 heavy (non-hydrogen) atoms. The summed E-state index contributed by atoms with van der Waals surface area (Å²) < 4.78 is 1.95. The Morgan fingerprint density at radius 1 is 1.33 bits per heavy atom. The Kier molecular flexibility index (Phi) is 6.30. The lowest BCUT2D eigenvalue weighted by Gasteiger charge is -2.23. The molecule has 0 aromatic carbocycles. The van der Waals surface area contributed by atoms with E-state index in [1.54, 1.807) is 0 Å². The van der Waals surface area contributed by atoms with Crippen molar-refractivity contribution in [2.45, 2.75) is 76.8 Å². The van der Waals surface area contributed by atoms with E-state index in [2.05, 4.69) is 22.7 Å². The fourth-order valence-electron chi connectivity index (χ4n) is 4.05. The zero-order chi connectivity index (χ0) is 16.8. The molecule has 2 fully saturated rings. The molecule has 1 amide bonds. The highest BCUT2D eigenvalue weighted by molar-refractivity contribution is 5.92. The van der Waals surface area contributed by atoms with Crippen molar-refractivity contribution in [2.24, 2.45) is 5.92 Å². The van der Waals surface area contributed by atoms with Crippen LogP contribution in [0.2, 0.25) is 0 Å². The van der Waals surface area contributed by atoms with Crippen LogP contribution in [0.15, 0.2) is 12.3 Å². The van der Waals surface area contributed by atoms with Crippen molar-refractivity contribution >= 4 is 5.91 Å². The summed E-state index contributed by atoms with van der Waals surface area (Å²) in [6, 6.07) is 2.45. The van der Waals surface area contributed by atoms with Gasteiger partial charge in [-0.05, 0) is 51.1 Å². The van der Waals surface area contributed by atoms with Gasteiger partial charge in [-0.1, -0.05) is 32.1 Å². The first-order chi connectivity index (χ1) is 11.7. The van der Waals surface area contributed by atoms with Gasteiger partial charge in [-0.3, -0.25) is 9.48 Å². The predicted octanol–water partition coefficient (Wildman–Crippen LogP) is 3.29. The molecule has 2 heterocycles. The SMILES string of the molecule is CC(CCC1CCCCC1)NC(=O)c1ccn(C2CCCNC2)n1. The number of nitrogens with zero attached hydrogens (tertiary/aromatic N) is 2. The zero-order valence-electron chi connectivity index (χ0n) is 15.0. The normalized spacial score (nSPS) is 23.8. The molecule has 3 rings (SSSR count). The van der Waals surface area contributed by atoms with Crippen LogP contribution in [0.25, 0.3) is 0 Å². The Hall–Kier alpha value is -1.36. The second-order valence-corrected chi connectivity index (χ2v) is 7.64. The van der Waals surface area contributed by atoms with Crippen molar-refractivity contribution in [3.8, 4) is 0 Å². The second-order valence-electron chi connectivity index (χ2n) is 7.64. The van der Waals surface area contributed by atoms with Crippen LogP contribution >= 0.6 is 0 Å². The lowest BCUT2D eigenvalue weighted by atomic mass is 9.85. The van der Waals surface area contributed by atoms with E-state index >= 15 is 0 Å². The van der Waals surface area contributed by atoms with Crippen LogP contribution < -0.4 is 10.6 Å². The van der Waals surface area contributed by atoms with E-state index in [-0.39, 0.29) is 11.9 Å². The lowest BCUT2D eigenvalue weighted by molar-refractivity contribution is 0.0930.